The molecule has 1 heterocycles. The van der Waals surface area contributed by atoms with Gasteiger partial charge >= 0.3 is 30.0 Å². The summed E-state index contributed by atoms with van der Waals surface area (Å²) >= 11 is 0. The number of hydrogen-bond acceptors (Lipinski definition) is 12. The molecule has 1 aliphatic heterocycles. The number of carbonyl (C=O) groups excluding carboxylic acids is 4. The fourth-order valence-electron chi connectivity index (χ4n) is 6.93. The van der Waals surface area contributed by atoms with Crippen molar-refractivity contribution in [1.82, 2.24) is 10.2 Å². The number of amides is 1. The van der Waals surface area contributed by atoms with E-state index in [4.69, 9.17) is 33.5 Å². The van der Waals surface area contributed by atoms with Crippen molar-refractivity contribution >= 4 is 30.0 Å². The Morgan fingerprint density at radius 3 is 1.70 bits per heavy atom. The number of hydrogen-bond donors (Lipinski definition) is 2. The highest BCUT2D eigenvalue weighted by Crippen LogP contribution is 2.16. The summed E-state index contributed by atoms with van der Waals surface area (Å²) in [5.74, 6) is -2.83. The first-order chi connectivity index (χ1) is 30.7. The smallest absolute Gasteiger partial charge is 0.407 e. The molecule has 1 amide bonds. The number of esters is 3. The molecule has 364 valence electrons. The fraction of sp³-hybridized carbons (Fsp3) is 0.816. The number of nitrogens with zero attached hydrogens (tertiary/aromatic N) is 1. The van der Waals surface area contributed by atoms with E-state index in [-0.39, 0.29) is 45.5 Å². The van der Waals surface area contributed by atoms with E-state index in [1.807, 2.05) is 0 Å². The predicted molar refractivity (Wildman–Crippen MR) is 245 cm³/mol. The van der Waals surface area contributed by atoms with Crippen molar-refractivity contribution in [3.8, 4) is 0 Å². The second-order valence-corrected chi connectivity index (χ2v) is 16.6. The molecule has 0 saturated carbocycles. The SMILES string of the molecule is CC/C=C\CCCCOC(CCC(=O)OCC(COC(=O)CCCCCCC(=O)O)COC(=O)CCC(CCCCCC)OC(=O)NCCN1CCCC1)OCCCC/C=C\CC. The van der Waals surface area contributed by atoms with Crippen LogP contribution in [-0.2, 0) is 47.6 Å². The molecule has 0 radical (unpaired) electrons. The van der Waals surface area contributed by atoms with Gasteiger partial charge in [-0.2, -0.15) is 0 Å². The summed E-state index contributed by atoms with van der Waals surface area (Å²) in [5, 5.41) is 11.7. The number of aliphatic carboxylic acids is 1. The number of carboxylic acids is 1. The molecule has 1 rings (SSSR count). The van der Waals surface area contributed by atoms with Crippen LogP contribution in [0.3, 0.4) is 0 Å². The molecule has 1 aliphatic rings. The molecule has 63 heavy (non-hydrogen) atoms. The molecule has 14 heteroatoms. The monoisotopic (exact) mass is 895 g/mol. The predicted octanol–water partition coefficient (Wildman–Crippen LogP) is 10.0. The van der Waals surface area contributed by atoms with Gasteiger partial charge in [0.2, 0.25) is 0 Å². The highest BCUT2D eigenvalue weighted by atomic mass is 16.7. The molecule has 14 nitrogen and oxygen atoms in total. The van der Waals surface area contributed by atoms with Gasteiger partial charge in [-0.3, -0.25) is 19.2 Å². The zero-order valence-corrected chi connectivity index (χ0v) is 39.5. The first-order valence-corrected chi connectivity index (χ1v) is 24.5. The molecular weight excluding hydrogens is 809 g/mol. The number of rotatable bonds is 42. The lowest BCUT2D eigenvalue weighted by Gasteiger charge is -2.20. The average molecular weight is 895 g/mol. The Balaban J connectivity index is 2.76. The number of allylic oxidation sites excluding steroid dienone is 4. The van der Waals surface area contributed by atoms with Crippen LogP contribution in [0.25, 0.3) is 0 Å². The van der Waals surface area contributed by atoms with E-state index in [1.54, 1.807) is 0 Å². The molecule has 0 aromatic carbocycles. The molecule has 0 aliphatic carbocycles. The van der Waals surface area contributed by atoms with Crippen LogP contribution in [0.1, 0.15) is 181 Å². The van der Waals surface area contributed by atoms with Crippen molar-refractivity contribution in [2.75, 3.05) is 59.2 Å². The lowest BCUT2D eigenvalue weighted by Crippen LogP contribution is -2.35. The number of carboxylic acid groups (broad SMARTS) is 1. The quantitative estimate of drug-likeness (QED) is 0.0195. The third-order valence-corrected chi connectivity index (χ3v) is 10.7. The van der Waals surface area contributed by atoms with Gasteiger partial charge in [-0.05, 0) is 109 Å². The maximum Gasteiger partial charge on any atom is 0.407 e. The van der Waals surface area contributed by atoms with E-state index >= 15 is 0 Å². The first-order valence-electron chi connectivity index (χ1n) is 24.5. The topological polar surface area (TPSA) is 176 Å². The Morgan fingerprint density at radius 2 is 1.14 bits per heavy atom. The standard InChI is InChI=1S/C49H86N2O12/c1-4-7-10-13-17-24-37-58-48(59-38-25-18-14-11-8-5-2)32-31-47(56)62-41-42(39-60-45(54)28-21-16-15-20-27-44(52)53)40-61-46(55)30-29-43(26-19-12-9-6-3)63-49(57)50-33-36-51-34-22-23-35-51/h7-8,10-11,42-43,48H,4-6,9,12-41H2,1-3H3,(H,50,57)(H,52,53)/b10-7-,11-8-. The summed E-state index contributed by atoms with van der Waals surface area (Å²) < 4.78 is 34.6. The minimum Gasteiger partial charge on any atom is -0.481 e. The van der Waals surface area contributed by atoms with Crippen LogP contribution in [0, 0.1) is 5.92 Å². The third-order valence-electron chi connectivity index (χ3n) is 10.7. The zero-order valence-electron chi connectivity index (χ0n) is 39.5. The molecule has 0 aromatic heterocycles. The van der Waals surface area contributed by atoms with E-state index in [2.05, 4.69) is 55.3 Å². The summed E-state index contributed by atoms with van der Waals surface area (Å²) in [6.45, 7) is 10.4. The molecule has 0 aromatic rings. The van der Waals surface area contributed by atoms with Gasteiger partial charge in [0.05, 0.1) is 12.3 Å². The van der Waals surface area contributed by atoms with E-state index < -0.39 is 48.3 Å². The van der Waals surface area contributed by atoms with Crippen LogP contribution in [0.5, 0.6) is 0 Å². The first kappa shape index (κ1) is 57.5. The van der Waals surface area contributed by atoms with Crippen molar-refractivity contribution in [2.45, 2.75) is 194 Å². The van der Waals surface area contributed by atoms with Crippen LogP contribution in [0.15, 0.2) is 24.3 Å². The van der Waals surface area contributed by atoms with Crippen molar-refractivity contribution in [3.05, 3.63) is 24.3 Å². The lowest BCUT2D eigenvalue weighted by molar-refractivity contribution is -0.162. The Labute approximate surface area is 379 Å². The average Bonchev–Trinajstić information content (AvgIpc) is 3.79. The van der Waals surface area contributed by atoms with Gasteiger partial charge in [-0.15, -0.1) is 0 Å². The molecule has 2 N–H and O–H groups in total. The minimum absolute atomic E-state index is 0.0277. The van der Waals surface area contributed by atoms with Gasteiger partial charge in [-0.25, -0.2) is 4.79 Å². The number of unbranched alkanes of at least 4 members (excludes halogenated alkanes) is 10. The second-order valence-electron chi connectivity index (χ2n) is 16.6. The second kappa shape index (κ2) is 41.2. The molecule has 2 atom stereocenters. The highest BCUT2D eigenvalue weighted by Gasteiger charge is 2.22. The molecule has 2 unspecified atom stereocenters. The largest absolute Gasteiger partial charge is 0.481 e. The summed E-state index contributed by atoms with van der Waals surface area (Å²) in [6.07, 6.45) is 25.5. The van der Waals surface area contributed by atoms with Crippen LogP contribution < -0.4 is 5.32 Å². The van der Waals surface area contributed by atoms with E-state index in [0.717, 1.165) is 96.7 Å². The minimum atomic E-state index is -0.840. The maximum absolute atomic E-state index is 13.0. The van der Waals surface area contributed by atoms with Gasteiger partial charge in [0.15, 0.2) is 6.29 Å². The maximum atomic E-state index is 13.0. The zero-order chi connectivity index (χ0) is 46.0. The van der Waals surface area contributed by atoms with Crippen LogP contribution in [0.2, 0.25) is 0 Å². The number of likely N-dealkylation sites (tertiary alicyclic amines) is 1. The highest BCUT2D eigenvalue weighted by molar-refractivity contribution is 5.71. The number of carbonyl (C=O) groups is 5. The van der Waals surface area contributed by atoms with E-state index in [1.165, 1.54) is 12.8 Å². The van der Waals surface area contributed by atoms with Gasteiger partial charge in [0, 0.05) is 52.0 Å². The van der Waals surface area contributed by atoms with Gasteiger partial charge in [0.25, 0.3) is 0 Å². The number of ether oxygens (including phenoxy) is 6. The Hall–Kier alpha value is -3.49. The molecule has 0 bridgehead atoms. The molecule has 1 saturated heterocycles. The normalized spacial score (nSPS) is 14.0. The van der Waals surface area contributed by atoms with Crippen LogP contribution in [-0.4, -0.2) is 112 Å². The number of nitrogens with one attached hydrogen (secondary N) is 1. The Morgan fingerprint density at radius 1 is 0.603 bits per heavy atom. The van der Waals surface area contributed by atoms with Gasteiger partial charge in [-0.1, -0.05) is 77.2 Å². The fourth-order valence-corrected chi connectivity index (χ4v) is 6.93. The summed E-state index contributed by atoms with van der Waals surface area (Å²) in [5.41, 5.74) is 0. The summed E-state index contributed by atoms with van der Waals surface area (Å²) in [4.78, 5) is 64.4. The van der Waals surface area contributed by atoms with Gasteiger partial charge in [0.1, 0.15) is 25.9 Å². The van der Waals surface area contributed by atoms with Gasteiger partial charge < -0.3 is 43.7 Å². The van der Waals surface area contributed by atoms with Crippen molar-refractivity contribution < 1.29 is 57.5 Å². The summed E-state index contributed by atoms with van der Waals surface area (Å²) in [7, 11) is 0. The Bertz CT molecular complexity index is 1210. The summed E-state index contributed by atoms with van der Waals surface area (Å²) in [6, 6.07) is 0. The van der Waals surface area contributed by atoms with Crippen molar-refractivity contribution in [2.24, 2.45) is 5.92 Å². The molecular formula is C49H86N2O12. The van der Waals surface area contributed by atoms with E-state index in [0.29, 0.717) is 64.7 Å². The third kappa shape index (κ3) is 36.5. The lowest BCUT2D eigenvalue weighted by atomic mass is 10.1. The number of alkyl carbamates (subject to hydrolysis) is 1. The van der Waals surface area contributed by atoms with Crippen molar-refractivity contribution in [3.63, 3.8) is 0 Å². The van der Waals surface area contributed by atoms with E-state index in [9.17, 15) is 24.0 Å². The van der Waals surface area contributed by atoms with Crippen LogP contribution >= 0.6 is 0 Å². The molecule has 0 spiro atoms. The Kier molecular flexibility index (Phi) is 37.6. The molecule has 1 fully saturated rings. The van der Waals surface area contributed by atoms with Crippen LogP contribution in [0.4, 0.5) is 4.79 Å². The van der Waals surface area contributed by atoms with Crippen molar-refractivity contribution in [1.29, 1.82) is 0 Å².